The number of oxime groups is 1. The van der Waals surface area contributed by atoms with Crippen LogP contribution in [0.1, 0.15) is 106 Å². The first-order chi connectivity index (χ1) is 45.6. The molecule has 0 saturated carbocycles. The number of rotatable bonds is 18. The molecule has 0 radical (unpaired) electrons. The van der Waals surface area contributed by atoms with E-state index in [1.807, 2.05) is 18.2 Å². The Labute approximate surface area is 564 Å². The number of nitrogens with one attached hydrogen (secondary N) is 9. The summed E-state index contributed by atoms with van der Waals surface area (Å²) in [7, 11) is 0. The van der Waals surface area contributed by atoms with Crippen LogP contribution in [0.4, 0.5) is 0 Å². The standard InChI is InChI=1S/C64H89N13O15S3/c1-39-57(83)76-51(56(67)82)37-94-35-42-29-43-31-44(30-42)91-26-13-3-4-14-27-92-68-34-54(79)70-49(32-40-15-7-5-8-16-40)62(88)77-52(38-95-36-43)64(90)73-46(20-22-53(66)78)59(85)74-48(24-28-93-2)61(87)75-50(33-41-17-9-6-10-18-41)63(89)72-47(21-23-55(80)81)60(86)71-45(58(84)69-39)19-11-12-25-65/h5-10,15-18,29-31,34,39,45-52H,3-4,11-14,19-28,32-33,35-38,65H2,1-2H3,(H2,66,78)(H2,67,82)(H,69,84)(H,70,79)(H,71,86)(H,72,89)(H,73,90)(H,74,85)(H,75,87)(H,76,83)(H,77,88)(H,80,81)/b68-34+/t39-,45-,46-,47-,48-,49-,50-,51-,52-/m0/s1. The third-order valence-electron chi connectivity index (χ3n) is 15.1. The molecule has 0 aliphatic carbocycles. The van der Waals surface area contributed by atoms with Crippen LogP contribution in [-0.4, -0.2) is 180 Å². The van der Waals surface area contributed by atoms with Crippen LogP contribution in [0.2, 0.25) is 0 Å². The van der Waals surface area contributed by atoms with E-state index in [1.54, 1.807) is 66.9 Å². The molecule has 2 aliphatic rings. The van der Waals surface area contributed by atoms with E-state index in [0.717, 1.165) is 24.6 Å². The number of hydrogen-bond donors (Lipinski definition) is 13. The number of carboxylic acids is 1. The Balaban J connectivity index is 1.62. The van der Waals surface area contributed by atoms with Gasteiger partial charge in [-0.05, 0) is 124 Å². The highest BCUT2D eigenvalue weighted by Crippen LogP contribution is 2.26. The van der Waals surface area contributed by atoms with Gasteiger partial charge in [0, 0.05) is 48.7 Å². The fourth-order valence-electron chi connectivity index (χ4n) is 9.89. The number of unbranched alkanes of at least 4 members (excludes halogenated alkanes) is 1. The maximum Gasteiger partial charge on any atom is 0.303 e. The molecule has 16 N–H and O–H groups in total. The average Bonchev–Trinajstić information content (AvgIpc) is 0.983. The molecule has 31 heteroatoms. The summed E-state index contributed by atoms with van der Waals surface area (Å²) in [5.41, 5.74) is 19.9. The first-order valence-corrected chi connectivity index (χ1v) is 35.2. The lowest BCUT2D eigenvalue weighted by molar-refractivity contribution is -0.139. The first-order valence-electron chi connectivity index (χ1n) is 31.5. The monoisotopic (exact) mass is 1380 g/mol. The van der Waals surface area contributed by atoms with E-state index < -0.39 is 145 Å². The smallest absolute Gasteiger partial charge is 0.303 e. The Kier molecular flexibility index (Phi) is 34.3. The van der Waals surface area contributed by atoms with Crippen molar-refractivity contribution in [2.24, 2.45) is 22.4 Å². The maximum atomic E-state index is 14.9. The Bertz CT molecular complexity index is 3100. The highest BCUT2D eigenvalue weighted by molar-refractivity contribution is 7.99. The predicted octanol–water partition coefficient (Wildman–Crippen LogP) is 0.488. The molecule has 2 aliphatic heterocycles. The molecule has 4 bridgehead atoms. The van der Waals surface area contributed by atoms with E-state index in [2.05, 4.69) is 53.0 Å². The van der Waals surface area contributed by atoms with Crippen LogP contribution >= 0.6 is 35.3 Å². The van der Waals surface area contributed by atoms with Gasteiger partial charge in [-0.3, -0.25) is 57.5 Å². The van der Waals surface area contributed by atoms with Gasteiger partial charge in [0.2, 0.25) is 59.1 Å². The zero-order chi connectivity index (χ0) is 69.1. The second-order valence-corrected chi connectivity index (χ2v) is 25.9. The molecular formula is C64H89N13O15S3. The first kappa shape index (κ1) is 77.3. The number of carbonyl (C=O) groups is 12. The van der Waals surface area contributed by atoms with Crippen LogP contribution in [-0.2, 0) is 86.7 Å². The minimum Gasteiger partial charge on any atom is -0.494 e. The molecule has 3 aromatic rings. The summed E-state index contributed by atoms with van der Waals surface area (Å²) in [5.74, 6) is -9.91. The van der Waals surface area contributed by atoms with Crippen molar-refractivity contribution in [3.63, 3.8) is 0 Å². The molecular weight excluding hydrogens is 1290 g/mol. The second-order valence-electron chi connectivity index (χ2n) is 22.9. The van der Waals surface area contributed by atoms with Crippen molar-refractivity contribution in [3.8, 4) is 5.75 Å². The molecule has 0 fully saturated rings. The highest BCUT2D eigenvalue weighted by atomic mass is 32.2. The van der Waals surface area contributed by atoms with Gasteiger partial charge in [0.25, 0.3) is 5.91 Å². The predicted molar refractivity (Wildman–Crippen MR) is 361 cm³/mol. The SMILES string of the molecule is CSCC[C@@H]1NC(=O)[C@H](CCC(N)=O)NC(=O)[C@@H]2CSCc3cc(cc(c3)OCCCCCCO/N=C/C(=O)N[C@@H](Cc3ccccc3)C(=O)N2)CSC[C@@H](C(N)=O)NC(=O)[C@H](C)NC(=O)[C@H](CCCCN)NC(=O)[C@H](CCC(=O)O)NC(=O)[C@H](Cc2ccccc2)NC1=O. The number of carboxylic acid groups (broad SMARTS) is 1. The van der Waals surface area contributed by atoms with Gasteiger partial charge in [0.1, 0.15) is 72.9 Å². The summed E-state index contributed by atoms with van der Waals surface area (Å²) in [6, 6.07) is 9.86. The summed E-state index contributed by atoms with van der Waals surface area (Å²) >= 11 is 3.79. The summed E-state index contributed by atoms with van der Waals surface area (Å²) < 4.78 is 6.27. The van der Waals surface area contributed by atoms with Crippen LogP contribution in [0.3, 0.4) is 0 Å². The molecule has 2 heterocycles. The maximum absolute atomic E-state index is 14.9. The Morgan fingerprint density at radius 2 is 1.07 bits per heavy atom. The normalized spacial score (nSPS) is 23.9. The van der Waals surface area contributed by atoms with Crippen LogP contribution in [0, 0.1) is 0 Å². The Morgan fingerprint density at radius 1 is 0.568 bits per heavy atom. The molecule has 11 amide bonds. The van der Waals surface area contributed by atoms with E-state index in [1.165, 1.54) is 42.2 Å². The number of carbonyl (C=O) groups excluding carboxylic acids is 11. The van der Waals surface area contributed by atoms with Gasteiger partial charge in [0.15, 0.2) is 0 Å². The fraction of sp³-hybridized carbons (Fsp3) is 0.516. The largest absolute Gasteiger partial charge is 0.494 e. The number of amides is 11. The quantitative estimate of drug-likeness (QED) is 0.0771. The summed E-state index contributed by atoms with van der Waals surface area (Å²) in [4.78, 5) is 172. The van der Waals surface area contributed by atoms with Gasteiger partial charge >= 0.3 is 5.97 Å². The number of nitrogens with two attached hydrogens (primary N) is 3. The Hall–Kier alpha value is -8.42. The molecule has 28 nitrogen and oxygen atoms in total. The third kappa shape index (κ3) is 29.0. The number of fused-ring (bicyclic) bond motifs is 5. The molecule has 0 unspecified atom stereocenters. The van der Waals surface area contributed by atoms with Crippen molar-refractivity contribution in [2.75, 3.05) is 43.3 Å². The van der Waals surface area contributed by atoms with Crippen LogP contribution in [0.25, 0.3) is 0 Å². The van der Waals surface area contributed by atoms with E-state index in [9.17, 15) is 62.6 Å². The molecule has 95 heavy (non-hydrogen) atoms. The number of thioether (sulfide) groups is 3. The number of ether oxygens (including phenoxy) is 1. The number of primary amides is 2. The van der Waals surface area contributed by atoms with Crippen molar-refractivity contribution in [1.29, 1.82) is 0 Å². The van der Waals surface area contributed by atoms with Crippen molar-refractivity contribution in [1.82, 2.24) is 47.9 Å². The van der Waals surface area contributed by atoms with E-state index in [-0.39, 0.29) is 74.0 Å². The van der Waals surface area contributed by atoms with Gasteiger partial charge in [-0.2, -0.15) is 35.3 Å². The van der Waals surface area contributed by atoms with Gasteiger partial charge in [-0.25, -0.2) is 0 Å². The van der Waals surface area contributed by atoms with E-state index in [0.29, 0.717) is 54.7 Å². The molecule has 518 valence electrons. The number of aliphatic carboxylic acids is 1. The van der Waals surface area contributed by atoms with E-state index in [4.69, 9.17) is 26.8 Å². The van der Waals surface area contributed by atoms with Crippen LogP contribution < -0.4 is 69.8 Å². The van der Waals surface area contributed by atoms with Crippen LogP contribution in [0.15, 0.2) is 84.0 Å². The molecule has 0 aromatic heterocycles. The average molecular weight is 1380 g/mol. The lowest BCUT2D eigenvalue weighted by atomic mass is 10.0. The molecule has 5 rings (SSSR count). The van der Waals surface area contributed by atoms with Crippen molar-refractivity contribution >= 4 is 112 Å². The fourth-order valence-corrected chi connectivity index (χ4v) is 12.4. The van der Waals surface area contributed by atoms with Crippen molar-refractivity contribution in [2.45, 2.75) is 163 Å². The second kappa shape index (κ2) is 42.1. The number of hydrogen-bond acceptors (Lipinski definition) is 19. The molecule has 3 aromatic carbocycles. The Morgan fingerprint density at radius 3 is 1.64 bits per heavy atom. The van der Waals surface area contributed by atoms with Gasteiger partial charge in [-0.1, -0.05) is 71.9 Å². The highest BCUT2D eigenvalue weighted by Gasteiger charge is 2.36. The van der Waals surface area contributed by atoms with Crippen molar-refractivity contribution < 1.29 is 72.2 Å². The summed E-state index contributed by atoms with van der Waals surface area (Å²) in [6.45, 7) is 2.11. The van der Waals surface area contributed by atoms with E-state index >= 15 is 0 Å². The van der Waals surface area contributed by atoms with Crippen LogP contribution in [0.5, 0.6) is 5.75 Å². The minimum absolute atomic E-state index is 0.0154. The molecule has 0 saturated heterocycles. The summed E-state index contributed by atoms with van der Waals surface area (Å²) in [5, 5.41) is 37.5. The topological polar surface area (TPSA) is 442 Å². The minimum atomic E-state index is -1.63. The third-order valence-corrected chi connectivity index (χ3v) is 17.9. The van der Waals surface area contributed by atoms with Gasteiger partial charge in [-0.15, -0.1) is 0 Å². The number of nitrogens with zero attached hydrogens (tertiary/aromatic N) is 1. The summed E-state index contributed by atoms with van der Waals surface area (Å²) in [6.07, 6.45) is 3.91. The zero-order valence-electron chi connectivity index (χ0n) is 53.4. The zero-order valence-corrected chi connectivity index (χ0v) is 55.9. The molecule has 0 spiro atoms. The lowest BCUT2D eigenvalue weighted by Crippen LogP contribution is -2.61. The van der Waals surface area contributed by atoms with Crippen molar-refractivity contribution in [3.05, 3.63) is 101 Å². The van der Waals surface area contributed by atoms with Gasteiger partial charge < -0.3 is 79.7 Å². The molecule has 9 atom stereocenters. The lowest BCUT2D eigenvalue weighted by Gasteiger charge is -2.28. The van der Waals surface area contributed by atoms with Gasteiger partial charge in [0.05, 0.1) is 6.61 Å². The number of benzene rings is 3.